The number of aryl methyl sites for hydroxylation is 1. The molecule has 2 aliphatic heterocycles. The molecule has 0 amide bonds. The van der Waals surface area contributed by atoms with Crippen molar-refractivity contribution in [3.05, 3.63) is 46.5 Å². The summed E-state index contributed by atoms with van der Waals surface area (Å²) in [7, 11) is 3.41. The fourth-order valence-electron chi connectivity index (χ4n) is 4.83. The third kappa shape index (κ3) is 4.47. The number of nitrogens with zero attached hydrogens (tertiary/aromatic N) is 1. The SMILES string of the molecule is COc1cc2c(cc1OC)C1CCc3cc(OC(C)C)c(OC(C)C)cc3CN1CC2. The summed E-state index contributed by atoms with van der Waals surface area (Å²) in [6.07, 6.45) is 3.32. The van der Waals surface area contributed by atoms with Gasteiger partial charge in [0.25, 0.3) is 0 Å². The van der Waals surface area contributed by atoms with E-state index < -0.39 is 0 Å². The topological polar surface area (TPSA) is 40.2 Å². The van der Waals surface area contributed by atoms with E-state index in [0.29, 0.717) is 6.04 Å². The zero-order valence-electron chi connectivity index (χ0n) is 19.7. The molecule has 0 bridgehead atoms. The minimum absolute atomic E-state index is 0.107. The summed E-state index contributed by atoms with van der Waals surface area (Å²) < 4.78 is 23.4. The summed E-state index contributed by atoms with van der Waals surface area (Å²) in [4.78, 5) is 2.60. The molecule has 2 aliphatic rings. The lowest BCUT2D eigenvalue weighted by Gasteiger charge is -2.36. The standard InChI is InChI=1S/C26H35NO4/c1-16(2)30-25-11-18-7-8-22-21-14-24(29-6)23(28-5)12-19(21)9-10-27(22)15-20(18)13-26(25)31-17(3)4/h11-14,16-17,22H,7-10,15H2,1-6H3. The minimum atomic E-state index is 0.107. The van der Waals surface area contributed by atoms with Crippen molar-refractivity contribution in [3.8, 4) is 23.0 Å². The van der Waals surface area contributed by atoms with Crippen molar-refractivity contribution < 1.29 is 18.9 Å². The Balaban J connectivity index is 1.68. The highest BCUT2D eigenvalue weighted by Crippen LogP contribution is 2.43. The summed E-state index contributed by atoms with van der Waals surface area (Å²) in [5.74, 6) is 3.33. The van der Waals surface area contributed by atoms with E-state index in [4.69, 9.17) is 18.9 Å². The van der Waals surface area contributed by atoms with Crippen molar-refractivity contribution in [3.63, 3.8) is 0 Å². The lowest BCUT2D eigenvalue weighted by molar-refractivity contribution is 0.172. The Labute approximate surface area is 186 Å². The second-order valence-electron chi connectivity index (χ2n) is 9.08. The first-order valence-corrected chi connectivity index (χ1v) is 11.4. The summed E-state index contributed by atoms with van der Waals surface area (Å²) in [6.45, 7) is 10.2. The van der Waals surface area contributed by atoms with E-state index in [9.17, 15) is 0 Å². The number of benzene rings is 2. The molecule has 0 aliphatic carbocycles. The minimum Gasteiger partial charge on any atom is -0.493 e. The fourth-order valence-corrected chi connectivity index (χ4v) is 4.83. The average Bonchev–Trinajstić information content (AvgIpc) is 2.91. The molecule has 168 valence electrons. The first-order chi connectivity index (χ1) is 14.9. The molecule has 4 rings (SSSR count). The number of hydrogen-bond donors (Lipinski definition) is 0. The van der Waals surface area contributed by atoms with Crippen molar-refractivity contribution in [2.45, 2.75) is 71.8 Å². The van der Waals surface area contributed by atoms with Crippen LogP contribution in [0.25, 0.3) is 0 Å². The van der Waals surface area contributed by atoms with Crippen LogP contribution in [0.3, 0.4) is 0 Å². The van der Waals surface area contributed by atoms with Crippen LogP contribution in [0.4, 0.5) is 0 Å². The molecule has 5 nitrogen and oxygen atoms in total. The summed E-state index contributed by atoms with van der Waals surface area (Å²) >= 11 is 0. The van der Waals surface area contributed by atoms with Gasteiger partial charge in [0.1, 0.15) is 0 Å². The van der Waals surface area contributed by atoms with Crippen LogP contribution >= 0.6 is 0 Å². The molecule has 5 heteroatoms. The van der Waals surface area contributed by atoms with Crippen LogP contribution in [0, 0.1) is 0 Å². The Morgan fingerprint density at radius 1 is 0.742 bits per heavy atom. The molecular formula is C26H35NO4. The summed E-state index contributed by atoms with van der Waals surface area (Å²) in [5, 5.41) is 0. The molecule has 2 aromatic rings. The molecule has 1 unspecified atom stereocenters. The van der Waals surface area contributed by atoms with Crippen molar-refractivity contribution in [2.75, 3.05) is 20.8 Å². The molecule has 0 fully saturated rings. The van der Waals surface area contributed by atoms with Crippen molar-refractivity contribution in [2.24, 2.45) is 0 Å². The number of rotatable bonds is 6. The van der Waals surface area contributed by atoms with Crippen LogP contribution in [-0.2, 0) is 19.4 Å². The van der Waals surface area contributed by atoms with Crippen molar-refractivity contribution in [1.82, 2.24) is 4.90 Å². The van der Waals surface area contributed by atoms with Gasteiger partial charge in [0.15, 0.2) is 23.0 Å². The van der Waals surface area contributed by atoms with Crippen LogP contribution in [0.2, 0.25) is 0 Å². The van der Waals surface area contributed by atoms with Gasteiger partial charge in [-0.05, 0) is 93.5 Å². The monoisotopic (exact) mass is 425 g/mol. The molecule has 2 aromatic carbocycles. The third-order valence-electron chi connectivity index (χ3n) is 6.17. The van der Waals surface area contributed by atoms with Gasteiger partial charge in [-0.15, -0.1) is 0 Å². The second kappa shape index (κ2) is 8.99. The molecule has 0 saturated carbocycles. The van der Waals surface area contributed by atoms with Crippen molar-refractivity contribution in [1.29, 1.82) is 0 Å². The Hall–Kier alpha value is -2.40. The second-order valence-corrected chi connectivity index (χ2v) is 9.08. The van der Waals surface area contributed by atoms with E-state index in [-0.39, 0.29) is 12.2 Å². The first kappa shape index (κ1) is 21.8. The maximum atomic E-state index is 6.13. The third-order valence-corrected chi connectivity index (χ3v) is 6.17. The summed E-state index contributed by atoms with van der Waals surface area (Å²) in [5.41, 5.74) is 5.45. The average molecular weight is 426 g/mol. The molecule has 1 atom stereocenters. The van der Waals surface area contributed by atoms with Gasteiger partial charge in [0.2, 0.25) is 0 Å². The largest absolute Gasteiger partial charge is 0.493 e. The first-order valence-electron chi connectivity index (χ1n) is 11.4. The zero-order valence-corrected chi connectivity index (χ0v) is 19.7. The molecule has 0 spiro atoms. The molecule has 31 heavy (non-hydrogen) atoms. The highest BCUT2D eigenvalue weighted by atomic mass is 16.5. The van der Waals surface area contributed by atoms with Crippen molar-refractivity contribution >= 4 is 0 Å². The lowest BCUT2D eigenvalue weighted by atomic mass is 9.89. The predicted molar refractivity (Wildman–Crippen MR) is 123 cm³/mol. The molecule has 0 aromatic heterocycles. The molecule has 0 saturated heterocycles. The van der Waals surface area contributed by atoms with Crippen LogP contribution in [0.15, 0.2) is 24.3 Å². The van der Waals surface area contributed by atoms with Gasteiger partial charge in [-0.25, -0.2) is 0 Å². The molecule has 0 N–H and O–H groups in total. The van der Waals surface area contributed by atoms with Gasteiger partial charge < -0.3 is 18.9 Å². The summed E-state index contributed by atoms with van der Waals surface area (Å²) in [6, 6.07) is 9.13. The van der Waals surface area contributed by atoms with Gasteiger partial charge in [0.05, 0.1) is 26.4 Å². The van der Waals surface area contributed by atoms with Crippen LogP contribution in [0.1, 0.15) is 62.4 Å². The van der Waals surface area contributed by atoms with Gasteiger partial charge in [-0.1, -0.05) is 0 Å². The Kier molecular flexibility index (Phi) is 6.33. The smallest absolute Gasteiger partial charge is 0.161 e. The fraction of sp³-hybridized carbons (Fsp3) is 0.538. The van der Waals surface area contributed by atoms with E-state index in [1.165, 1.54) is 22.3 Å². The van der Waals surface area contributed by atoms with E-state index >= 15 is 0 Å². The Morgan fingerprint density at radius 3 is 1.94 bits per heavy atom. The maximum Gasteiger partial charge on any atom is 0.161 e. The highest BCUT2D eigenvalue weighted by molar-refractivity contribution is 5.51. The van der Waals surface area contributed by atoms with Crippen LogP contribution in [-0.4, -0.2) is 37.9 Å². The lowest BCUT2D eigenvalue weighted by Crippen LogP contribution is -2.34. The number of fused-ring (bicyclic) bond motifs is 4. The van der Waals surface area contributed by atoms with Gasteiger partial charge in [0, 0.05) is 19.1 Å². The molecule has 0 radical (unpaired) electrons. The quantitative estimate of drug-likeness (QED) is 0.626. The zero-order chi connectivity index (χ0) is 22.1. The number of methoxy groups -OCH3 is 2. The van der Waals surface area contributed by atoms with Gasteiger partial charge in [-0.3, -0.25) is 4.90 Å². The Morgan fingerprint density at radius 2 is 1.32 bits per heavy atom. The van der Waals surface area contributed by atoms with E-state index in [1.54, 1.807) is 14.2 Å². The number of hydrogen-bond acceptors (Lipinski definition) is 5. The van der Waals surface area contributed by atoms with E-state index in [2.05, 4.69) is 56.9 Å². The number of ether oxygens (including phenoxy) is 4. The van der Waals surface area contributed by atoms with Gasteiger partial charge in [-0.2, -0.15) is 0 Å². The Bertz CT molecular complexity index is 937. The molecular weight excluding hydrogens is 390 g/mol. The van der Waals surface area contributed by atoms with Crippen LogP contribution in [0.5, 0.6) is 23.0 Å². The predicted octanol–water partition coefficient (Wildman–Crippen LogP) is 5.32. The van der Waals surface area contributed by atoms with E-state index in [0.717, 1.165) is 55.4 Å². The maximum absolute atomic E-state index is 6.13. The van der Waals surface area contributed by atoms with Crippen LogP contribution < -0.4 is 18.9 Å². The van der Waals surface area contributed by atoms with E-state index in [1.807, 2.05) is 0 Å². The van der Waals surface area contributed by atoms with Gasteiger partial charge >= 0.3 is 0 Å². The molecule has 2 heterocycles. The normalized spacial score (nSPS) is 18.1. The highest BCUT2D eigenvalue weighted by Gasteiger charge is 2.32.